The van der Waals surface area contributed by atoms with Gasteiger partial charge < -0.3 is 0 Å². The zero-order valence-electron chi connectivity index (χ0n) is 13.8. The number of carbonyl (C=O) groups is 1. The third-order valence-electron chi connectivity index (χ3n) is 3.99. The number of hydrogen-bond donors (Lipinski definition) is 1. The maximum atomic E-state index is 13.4. The Morgan fingerprint density at radius 2 is 1.92 bits per heavy atom. The molecule has 4 aromatic rings. The van der Waals surface area contributed by atoms with Crippen molar-refractivity contribution in [3.63, 3.8) is 0 Å². The largest absolute Gasteiger partial charge is 0.273 e. The highest BCUT2D eigenvalue weighted by molar-refractivity contribution is 6.00. The lowest BCUT2D eigenvalue weighted by molar-refractivity contribution is 0.101. The maximum absolute atomic E-state index is 13.4. The number of hydrogen-bond acceptors (Lipinski definition) is 4. The highest BCUT2D eigenvalue weighted by atomic mass is 19.1. The van der Waals surface area contributed by atoms with Crippen molar-refractivity contribution < 1.29 is 9.18 Å². The fourth-order valence-electron chi connectivity index (χ4n) is 2.73. The molecule has 0 aliphatic rings. The van der Waals surface area contributed by atoms with E-state index in [0.29, 0.717) is 22.3 Å². The highest BCUT2D eigenvalue weighted by Crippen LogP contribution is 2.20. The van der Waals surface area contributed by atoms with Crippen LogP contribution >= 0.6 is 0 Å². The molecule has 0 saturated carbocycles. The number of nitrogens with zero attached hydrogens (tertiary/aromatic N) is 4. The van der Waals surface area contributed by atoms with Crippen LogP contribution in [-0.2, 0) is 0 Å². The summed E-state index contributed by atoms with van der Waals surface area (Å²) in [5, 5.41) is 0.714. The summed E-state index contributed by atoms with van der Waals surface area (Å²) in [5.74, 6) is -0.180. The van der Waals surface area contributed by atoms with Crippen LogP contribution in [0, 0.1) is 12.7 Å². The molecule has 1 aromatic carbocycles. The third-order valence-corrected chi connectivity index (χ3v) is 3.99. The summed E-state index contributed by atoms with van der Waals surface area (Å²) in [6.45, 7) is 1.83. The van der Waals surface area contributed by atoms with Gasteiger partial charge in [-0.25, -0.2) is 14.4 Å². The van der Waals surface area contributed by atoms with E-state index in [4.69, 9.17) is 0 Å². The molecule has 7 heteroatoms. The van der Waals surface area contributed by atoms with E-state index in [1.807, 2.05) is 13.0 Å². The van der Waals surface area contributed by atoms with Gasteiger partial charge in [0, 0.05) is 41.4 Å². The summed E-state index contributed by atoms with van der Waals surface area (Å²) in [6.07, 6.45) is 6.25. The van der Waals surface area contributed by atoms with E-state index in [1.54, 1.807) is 35.3 Å². The average molecular weight is 347 g/mol. The number of aryl methyl sites for hydroxylation is 1. The molecule has 0 spiro atoms. The van der Waals surface area contributed by atoms with Crippen molar-refractivity contribution in [2.75, 3.05) is 5.43 Å². The zero-order chi connectivity index (χ0) is 18.1. The fraction of sp³-hybridized carbons (Fsp3) is 0.0526. The summed E-state index contributed by atoms with van der Waals surface area (Å²) in [4.78, 5) is 25.0. The van der Waals surface area contributed by atoms with Crippen molar-refractivity contribution in [3.8, 4) is 11.4 Å². The van der Waals surface area contributed by atoms with Crippen molar-refractivity contribution in [2.24, 2.45) is 0 Å². The Balaban J connectivity index is 1.60. The molecule has 4 rings (SSSR count). The third kappa shape index (κ3) is 2.90. The van der Waals surface area contributed by atoms with Crippen molar-refractivity contribution in [1.82, 2.24) is 19.6 Å². The SMILES string of the molecule is Cc1cc2cc(F)ccc2n1NC(=O)c1cnc(-c2cccnc2)nc1. The molecule has 3 heterocycles. The Hall–Kier alpha value is -3.61. The fourth-order valence-corrected chi connectivity index (χ4v) is 2.73. The zero-order valence-corrected chi connectivity index (χ0v) is 13.8. The average Bonchev–Trinajstić information content (AvgIpc) is 2.97. The number of rotatable bonds is 3. The number of pyridine rings is 1. The Morgan fingerprint density at radius 1 is 1.12 bits per heavy atom. The second kappa shape index (κ2) is 6.36. The molecule has 1 amide bonds. The van der Waals surface area contributed by atoms with Gasteiger partial charge in [0.25, 0.3) is 5.91 Å². The molecule has 0 bridgehead atoms. The van der Waals surface area contributed by atoms with Gasteiger partial charge in [0.1, 0.15) is 5.82 Å². The van der Waals surface area contributed by atoms with Gasteiger partial charge in [-0.3, -0.25) is 19.9 Å². The number of carbonyl (C=O) groups excluding carboxylic acids is 1. The summed E-state index contributed by atoms with van der Waals surface area (Å²) in [6, 6.07) is 9.85. The van der Waals surface area contributed by atoms with Crippen LogP contribution in [-0.4, -0.2) is 25.5 Å². The first kappa shape index (κ1) is 15.9. The first-order valence-corrected chi connectivity index (χ1v) is 7.93. The predicted molar refractivity (Wildman–Crippen MR) is 95.6 cm³/mol. The van der Waals surface area contributed by atoms with Crippen LogP contribution in [0.25, 0.3) is 22.3 Å². The van der Waals surface area contributed by atoms with Gasteiger partial charge in [-0.2, -0.15) is 0 Å². The minimum Gasteiger partial charge on any atom is -0.267 e. The van der Waals surface area contributed by atoms with Gasteiger partial charge in [0.15, 0.2) is 5.82 Å². The molecule has 0 radical (unpaired) electrons. The molecule has 0 unspecified atom stereocenters. The summed E-state index contributed by atoms with van der Waals surface area (Å²) >= 11 is 0. The molecule has 0 aliphatic carbocycles. The summed E-state index contributed by atoms with van der Waals surface area (Å²) in [5.41, 5.74) is 5.38. The van der Waals surface area contributed by atoms with Crippen LogP contribution < -0.4 is 5.43 Å². The number of amides is 1. The van der Waals surface area contributed by atoms with Crippen LogP contribution in [0.3, 0.4) is 0 Å². The molecule has 3 aromatic heterocycles. The molecule has 0 saturated heterocycles. The van der Waals surface area contributed by atoms with Crippen molar-refractivity contribution in [3.05, 3.63) is 78.3 Å². The van der Waals surface area contributed by atoms with E-state index in [1.165, 1.54) is 24.5 Å². The lowest BCUT2D eigenvalue weighted by atomic mass is 10.2. The minimum atomic E-state index is -0.354. The maximum Gasteiger partial charge on any atom is 0.273 e. The number of benzene rings is 1. The van der Waals surface area contributed by atoms with Crippen LogP contribution in [0.1, 0.15) is 16.1 Å². The first-order chi connectivity index (χ1) is 12.6. The van der Waals surface area contributed by atoms with Crippen molar-refractivity contribution in [1.29, 1.82) is 0 Å². The lowest BCUT2D eigenvalue weighted by Crippen LogP contribution is -2.24. The van der Waals surface area contributed by atoms with E-state index in [-0.39, 0.29) is 11.7 Å². The number of aromatic nitrogens is 4. The van der Waals surface area contributed by atoms with Crippen LogP contribution in [0.2, 0.25) is 0 Å². The number of nitrogens with one attached hydrogen (secondary N) is 1. The van der Waals surface area contributed by atoms with Crippen LogP contribution in [0.4, 0.5) is 4.39 Å². The standard InChI is InChI=1S/C19H14FN5O/c1-12-7-14-8-16(20)4-5-17(14)25(12)24-19(26)15-10-22-18(23-11-15)13-3-2-6-21-9-13/h2-11H,1H3,(H,24,26). The molecule has 6 nitrogen and oxygen atoms in total. The van der Waals surface area contributed by atoms with Crippen LogP contribution in [0.5, 0.6) is 0 Å². The molecule has 128 valence electrons. The Labute approximate surface area is 148 Å². The molecule has 0 atom stereocenters. The van der Waals surface area contributed by atoms with Gasteiger partial charge >= 0.3 is 0 Å². The van der Waals surface area contributed by atoms with Gasteiger partial charge in [0.05, 0.1) is 11.1 Å². The Kier molecular flexibility index (Phi) is 3.89. The predicted octanol–water partition coefficient (Wildman–Crippen LogP) is 3.32. The highest BCUT2D eigenvalue weighted by Gasteiger charge is 2.12. The smallest absolute Gasteiger partial charge is 0.267 e. The lowest BCUT2D eigenvalue weighted by Gasteiger charge is -2.10. The summed E-state index contributed by atoms with van der Waals surface area (Å²) in [7, 11) is 0. The molecule has 26 heavy (non-hydrogen) atoms. The van der Waals surface area contributed by atoms with Gasteiger partial charge in [-0.1, -0.05) is 0 Å². The molecule has 1 N–H and O–H groups in total. The molecular formula is C19H14FN5O. The van der Waals surface area contributed by atoms with Gasteiger partial charge in [-0.15, -0.1) is 0 Å². The Morgan fingerprint density at radius 3 is 2.65 bits per heavy atom. The second-order valence-corrected chi connectivity index (χ2v) is 5.80. The van der Waals surface area contributed by atoms with E-state index >= 15 is 0 Å². The van der Waals surface area contributed by atoms with Gasteiger partial charge in [-0.05, 0) is 43.3 Å². The topological polar surface area (TPSA) is 72.7 Å². The van der Waals surface area contributed by atoms with E-state index in [0.717, 1.165) is 11.3 Å². The van der Waals surface area contributed by atoms with E-state index in [9.17, 15) is 9.18 Å². The van der Waals surface area contributed by atoms with Crippen LogP contribution in [0.15, 0.2) is 61.2 Å². The summed E-state index contributed by atoms with van der Waals surface area (Å²) < 4.78 is 15.0. The second-order valence-electron chi connectivity index (χ2n) is 5.80. The minimum absolute atomic E-state index is 0.319. The first-order valence-electron chi connectivity index (χ1n) is 7.93. The van der Waals surface area contributed by atoms with E-state index in [2.05, 4.69) is 20.4 Å². The number of fused-ring (bicyclic) bond motifs is 1. The van der Waals surface area contributed by atoms with Crippen molar-refractivity contribution in [2.45, 2.75) is 6.92 Å². The normalized spacial score (nSPS) is 10.8. The van der Waals surface area contributed by atoms with Crippen molar-refractivity contribution >= 4 is 16.8 Å². The quantitative estimate of drug-likeness (QED) is 0.617. The monoisotopic (exact) mass is 347 g/mol. The molecular weight excluding hydrogens is 333 g/mol. The molecule has 0 aliphatic heterocycles. The van der Waals surface area contributed by atoms with Gasteiger partial charge in [0.2, 0.25) is 0 Å². The Bertz CT molecular complexity index is 1090. The number of halogens is 1. The van der Waals surface area contributed by atoms with E-state index < -0.39 is 0 Å². The molecule has 0 fully saturated rings.